The zero-order valence-electron chi connectivity index (χ0n) is 47.8. The summed E-state index contributed by atoms with van der Waals surface area (Å²) in [6, 6.07) is 0. The lowest BCUT2D eigenvalue weighted by Crippen LogP contribution is -2.30. The van der Waals surface area contributed by atoms with Crippen molar-refractivity contribution in [2.75, 3.05) is 13.2 Å². The lowest BCUT2D eigenvalue weighted by molar-refractivity contribution is -0.167. The standard InChI is InChI=1S/C68H110O6/c1-4-7-10-13-16-19-22-25-27-28-29-30-31-32-33-34-35-36-37-38-39-40-41-44-46-49-52-55-58-61-67(70)73-64-65(63-72-66(69)60-57-54-51-48-45-42-24-21-18-15-12-9-6-3)74-68(71)62-59-56-53-50-47-43-26-23-20-17-14-11-8-5-2/h7,9-10,12,14,16-19,21,23,25-27,29-30,32-33,35-36,42,45,65H,4-6,8,11,13,15,20,22,24,28,31,34,37-41,43-44,46-64H2,1-3H3/b10-7-,12-9-,17-14-,19-16-,21-18-,26-23-,27-25-,30-29-,33-32-,36-35-,45-42-. The molecule has 0 aromatic rings. The second-order valence-corrected chi connectivity index (χ2v) is 19.5. The van der Waals surface area contributed by atoms with E-state index in [0.717, 1.165) is 148 Å². The Morgan fingerprint density at radius 1 is 0.284 bits per heavy atom. The van der Waals surface area contributed by atoms with Gasteiger partial charge in [0.25, 0.3) is 0 Å². The maximum atomic E-state index is 12.8. The van der Waals surface area contributed by atoms with Gasteiger partial charge in [0.1, 0.15) is 13.2 Å². The van der Waals surface area contributed by atoms with E-state index in [1.807, 2.05) is 0 Å². The quantitative estimate of drug-likeness (QED) is 0.0261. The Bertz CT molecular complexity index is 1600. The van der Waals surface area contributed by atoms with Gasteiger partial charge in [-0.2, -0.15) is 0 Å². The van der Waals surface area contributed by atoms with Crippen LogP contribution in [0.3, 0.4) is 0 Å². The Balaban J connectivity index is 4.31. The van der Waals surface area contributed by atoms with E-state index in [1.54, 1.807) is 0 Å². The Morgan fingerprint density at radius 2 is 0.527 bits per heavy atom. The molecule has 6 nitrogen and oxygen atoms in total. The van der Waals surface area contributed by atoms with Crippen LogP contribution in [0.5, 0.6) is 0 Å². The molecule has 1 unspecified atom stereocenters. The maximum absolute atomic E-state index is 12.8. The molecule has 0 amide bonds. The summed E-state index contributed by atoms with van der Waals surface area (Å²) in [4.78, 5) is 38.2. The van der Waals surface area contributed by atoms with Crippen molar-refractivity contribution >= 4 is 17.9 Å². The number of esters is 3. The van der Waals surface area contributed by atoms with Crippen LogP contribution in [0.15, 0.2) is 134 Å². The molecule has 6 heteroatoms. The number of allylic oxidation sites excluding steroid dienone is 22. The zero-order valence-corrected chi connectivity index (χ0v) is 47.8. The third-order valence-corrected chi connectivity index (χ3v) is 12.4. The predicted molar refractivity (Wildman–Crippen MR) is 320 cm³/mol. The first kappa shape index (κ1) is 69.5. The first-order valence-electron chi connectivity index (χ1n) is 30.2. The van der Waals surface area contributed by atoms with Gasteiger partial charge in [-0.15, -0.1) is 0 Å². The first-order chi connectivity index (χ1) is 36.5. The van der Waals surface area contributed by atoms with Crippen LogP contribution in [0.4, 0.5) is 0 Å². The summed E-state index contributed by atoms with van der Waals surface area (Å²) in [7, 11) is 0. The second-order valence-electron chi connectivity index (χ2n) is 19.5. The SMILES string of the molecule is CC/C=C\C/C=C\C/C=C\C/C=C\C/C=C\C/C=C\CCCCCCCCCCCCC(=O)OCC(COC(=O)CCCCC/C=C\C/C=C\C/C=C\CC)OC(=O)CCCCCCC/C=C\C/C=C\CCCC. The van der Waals surface area contributed by atoms with Crippen molar-refractivity contribution in [1.29, 1.82) is 0 Å². The summed E-state index contributed by atoms with van der Waals surface area (Å²) < 4.78 is 16.8. The van der Waals surface area contributed by atoms with E-state index in [-0.39, 0.29) is 31.1 Å². The molecule has 0 saturated heterocycles. The van der Waals surface area contributed by atoms with Crippen LogP contribution in [-0.4, -0.2) is 37.2 Å². The van der Waals surface area contributed by atoms with Gasteiger partial charge < -0.3 is 14.2 Å². The minimum atomic E-state index is -0.804. The largest absolute Gasteiger partial charge is 0.462 e. The summed E-state index contributed by atoms with van der Waals surface area (Å²) in [5.74, 6) is -0.950. The zero-order chi connectivity index (χ0) is 53.6. The molecule has 0 aliphatic heterocycles. The van der Waals surface area contributed by atoms with Gasteiger partial charge in [-0.1, -0.05) is 244 Å². The van der Waals surface area contributed by atoms with Crippen LogP contribution in [0.2, 0.25) is 0 Å². The highest BCUT2D eigenvalue weighted by Gasteiger charge is 2.19. The molecule has 0 aliphatic rings. The average molecular weight is 1020 g/mol. The molecule has 0 aromatic heterocycles. The van der Waals surface area contributed by atoms with E-state index in [1.165, 1.54) is 70.6 Å². The number of carbonyl (C=O) groups is 3. The minimum Gasteiger partial charge on any atom is -0.462 e. The van der Waals surface area contributed by atoms with Crippen LogP contribution < -0.4 is 0 Å². The normalized spacial score (nSPS) is 13.1. The third kappa shape index (κ3) is 58.4. The fourth-order valence-corrected chi connectivity index (χ4v) is 7.89. The highest BCUT2D eigenvalue weighted by atomic mass is 16.6. The van der Waals surface area contributed by atoms with E-state index in [0.29, 0.717) is 19.3 Å². The second kappa shape index (κ2) is 61.1. The van der Waals surface area contributed by atoms with Gasteiger partial charge in [-0.3, -0.25) is 14.4 Å². The minimum absolute atomic E-state index is 0.0990. The molecule has 0 saturated carbocycles. The fourth-order valence-electron chi connectivity index (χ4n) is 7.89. The lowest BCUT2D eigenvalue weighted by atomic mass is 10.1. The molecule has 0 radical (unpaired) electrons. The molecule has 0 aromatic carbocycles. The number of unbranched alkanes of at least 4 members (excludes halogenated alkanes) is 20. The number of hydrogen-bond donors (Lipinski definition) is 0. The Morgan fingerprint density at radius 3 is 0.838 bits per heavy atom. The first-order valence-corrected chi connectivity index (χ1v) is 30.2. The summed E-state index contributed by atoms with van der Waals surface area (Å²) in [5, 5.41) is 0. The molecule has 0 fully saturated rings. The van der Waals surface area contributed by atoms with Crippen molar-refractivity contribution in [2.24, 2.45) is 0 Å². The molecular weight excluding hydrogens is 913 g/mol. The van der Waals surface area contributed by atoms with E-state index in [9.17, 15) is 14.4 Å². The summed E-state index contributed by atoms with van der Waals surface area (Å²) in [5.41, 5.74) is 0. The van der Waals surface area contributed by atoms with E-state index in [2.05, 4.69) is 154 Å². The van der Waals surface area contributed by atoms with Gasteiger partial charge in [0, 0.05) is 19.3 Å². The fraction of sp³-hybridized carbons (Fsp3) is 0.632. The van der Waals surface area contributed by atoms with Gasteiger partial charge in [0.05, 0.1) is 0 Å². The molecule has 0 aliphatic carbocycles. The van der Waals surface area contributed by atoms with Crippen LogP contribution in [-0.2, 0) is 28.6 Å². The number of hydrogen-bond acceptors (Lipinski definition) is 6. The maximum Gasteiger partial charge on any atom is 0.306 e. The van der Waals surface area contributed by atoms with Crippen molar-refractivity contribution < 1.29 is 28.6 Å². The van der Waals surface area contributed by atoms with E-state index < -0.39 is 6.10 Å². The summed E-state index contributed by atoms with van der Waals surface area (Å²) in [6.45, 7) is 6.32. The molecule has 0 rings (SSSR count). The molecule has 0 bridgehead atoms. The van der Waals surface area contributed by atoms with E-state index >= 15 is 0 Å². The van der Waals surface area contributed by atoms with Gasteiger partial charge in [-0.25, -0.2) is 0 Å². The molecule has 0 N–H and O–H groups in total. The average Bonchev–Trinajstić information content (AvgIpc) is 3.40. The molecule has 0 heterocycles. The summed E-state index contributed by atoms with van der Waals surface area (Å²) in [6.07, 6.45) is 86.0. The smallest absolute Gasteiger partial charge is 0.306 e. The van der Waals surface area contributed by atoms with Crippen molar-refractivity contribution in [2.45, 2.75) is 264 Å². The molecule has 418 valence electrons. The molecule has 74 heavy (non-hydrogen) atoms. The summed E-state index contributed by atoms with van der Waals surface area (Å²) >= 11 is 0. The van der Waals surface area contributed by atoms with Crippen molar-refractivity contribution in [1.82, 2.24) is 0 Å². The number of ether oxygens (including phenoxy) is 3. The van der Waals surface area contributed by atoms with Crippen LogP contribution in [0.1, 0.15) is 258 Å². The Kier molecular flexibility index (Phi) is 57.4. The Labute approximate surface area is 455 Å². The van der Waals surface area contributed by atoms with Crippen LogP contribution in [0, 0.1) is 0 Å². The topological polar surface area (TPSA) is 78.9 Å². The van der Waals surface area contributed by atoms with Gasteiger partial charge in [0.2, 0.25) is 0 Å². The monoisotopic (exact) mass is 1020 g/mol. The van der Waals surface area contributed by atoms with Gasteiger partial charge in [-0.05, 0) is 128 Å². The number of rotatable bonds is 53. The van der Waals surface area contributed by atoms with Crippen LogP contribution in [0.25, 0.3) is 0 Å². The number of carbonyl (C=O) groups excluding carboxylic acids is 3. The molecule has 0 spiro atoms. The highest BCUT2D eigenvalue weighted by molar-refractivity contribution is 5.71. The van der Waals surface area contributed by atoms with Crippen LogP contribution >= 0.6 is 0 Å². The van der Waals surface area contributed by atoms with Crippen molar-refractivity contribution in [3.63, 3.8) is 0 Å². The Hall–Kier alpha value is -4.45. The lowest BCUT2D eigenvalue weighted by Gasteiger charge is -2.18. The molecule has 1 atom stereocenters. The van der Waals surface area contributed by atoms with Crippen molar-refractivity contribution in [3.8, 4) is 0 Å². The van der Waals surface area contributed by atoms with Gasteiger partial charge >= 0.3 is 17.9 Å². The highest BCUT2D eigenvalue weighted by Crippen LogP contribution is 2.14. The predicted octanol–water partition coefficient (Wildman–Crippen LogP) is 20.6. The van der Waals surface area contributed by atoms with Crippen molar-refractivity contribution in [3.05, 3.63) is 134 Å². The van der Waals surface area contributed by atoms with Gasteiger partial charge in [0.15, 0.2) is 6.10 Å². The third-order valence-electron chi connectivity index (χ3n) is 12.4. The van der Waals surface area contributed by atoms with E-state index in [4.69, 9.17) is 14.2 Å². The molecular formula is C68H110O6.